The van der Waals surface area contributed by atoms with Crippen LogP contribution in [0.2, 0.25) is 0 Å². The van der Waals surface area contributed by atoms with E-state index in [1.165, 1.54) is 32.4 Å². The van der Waals surface area contributed by atoms with Gasteiger partial charge in [0.05, 0.1) is 4.83 Å². The molecule has 0 N–H and O–H groups in total. The van der Waals surface area contributed by atoms with Gasteiger partial charge in [-0.15, -0.1) is 0 Å². The van der Waals surface area contributed by atoms with Crippen LogP contribution in [-0.4, -0.2) is 52.8 Å². The van der Waals surface area contributed by atoms with Crippen molar-refractivity contribution in [2.24, 2.45) is 0 Å². The number of amides is 1. The average molecular weight is 303 g/mol. The first-order valence-electron chi connectivity index (χ1n) is 6.85. The minimum Gasteiger partial charge on any atom is -0.340 e. The second-order valence-corrected chi connectivity index (χ2v) is 6.44. The van der Waals surface area contributed by atoms with Crippen molar-refractivity contribution in [1.82, 2.24) is 9.80 Å². The number of nitrogens with zero attached hydrogens (tertiary/aromatic N) is 2. The molecule has 2 heterocycles. The highest BCUT2D eigenvalue weighted by molar-refractivity contribution is 9.10. The summed E-state index contributed by atoms with van der Waals surface area (Å²) in [5.74, 6) is 0.292. The van der Waals surface area contributed by atoms with Crippen molar-refractivity contribution in [3.63, 3.8) is 0 Å². The smallest absolute Gasteiger partial charge is 0.236 e. The fourth-order valence-electron chi connectivity index (χ4n) is 2.87. The summed E-state index contributed by atoms with van der Waals surface area (Å²) in [7, 11) is 0. The maximum atomic E-state index is 12.0. The van der Waals surface area contributed by atoms with Gasteiger partial charge >= 0.3 is 0 Å². The second-order valence-electron chi connectivity index (χ2n) is 5.34. The van der Waals surface area contributed by atoms with Gasteiger partial charge in [0.15, 0.2) is 0 Å². The molecular weight excluding hydrogens is 280 g/mol. The van der Waals surface area contributed by atoms with Gasteiger partial charge in [0.1, 0.15) is 0 Å². The summed E-state index contributed by atoms with van der Waals surface area (Å²) in [4.78, 5) is 16.6. The topological polar surface area (TPSA) is 23.6 Å². The molecule has 3 nitrogen and oxygen atoms in total. The van der Waals surface area contributed by atoms with Crippen molar-refractivity contribution in [2.75, 3.05) is 26.2 Å². The Bertz CT molecular complexity index is 266. The van der Waals surface area contributed by atoms with Crippen molar-refractivity contribution >= 4 is 21.8 Å². The molecule has 0 bridgehead atoms. The zero-order valence-corrected chi connectivity index (χ0v) is 12.3. The van der Waals surface area contributed by atoms with Crippen LogP contribution in [0.25, 0.3) is 0 Å². The largest absolute Gasteiger partial charge is 0.340 e. The van der Waals surface area contributed by atoms with E-state index in [2.05, 4.69) is 27.8 Å². The number of alkyl halides is 1. The molecular formula is C13H23BrN2O. The first-order valence-corrected chi connectivity index (χ1v) is 7.77. The zero-order valence-electron chi connectivity index (χ0n) is 10.7. The molecule has 0 aromatic rings. The number of carbonyl (C=O) groups excluding carboxylic acids is 1. The van der Waals surface area contributed by atoms with E-state index in [1.807, 2.05) is 4.90 Å². The monoisotopic (exact) mass is 302 g/mol. The lowest BCUT2D eigenvalue weighted by atomic mass is 10.1. The average Bonchev–Trinajstić information content (AvgIpc) is 2.36. The number of likely N-dealkylation sites (tertiary alicyclic amines) is 2. The van der Waals surface area contributed by atoms with Gasteiger partial charge in [0, 0.05) is 19.1 Å². The third-order valence-electron chi connectivity index (χ3n) is 3.96. The van der Waals surface area contributed by atoms with Gasteiger partial charge in [-0.2, -0.15) is 0 Å². The van der Waals surface area contributed by atoms with Crippen LogP contribution >= 0.6 is 15.9 Å². The van der Waals surface area contributed by atoms with E-state index in [4.69, 9.17) is 0 Å². The molecule has 0 spiro atoms. The summed E-state index contributed by atoms with van der Waals surface area (Å²) in [6, 6.07) is 0.511. The van der Waals surface area contributed by atoms with E-state index in [9.17, 15) is 4.79 Å². The van der Waals surface area contributed by atoms with Crippen LogP contribution in [0.5, 0.6) is 0 Å². The standard InChI is InChI=1S/C13H23BrN2O/c1-11(15-7-3-2-4-8-15)10-16-9-5-6-12(14)13(16)17/h11-12H,2-10H2,1H3. The Morgan fingerprint density at radius 1 is 1.24 bits per heavy atom. The van der Waals surface area contributed by atoms with E-state index in [1.54, 1.807) is 0 Å². The number of piperidine rings is 2. The molecule has 0 aromatic carbocycles. The molecule has 2 atom stereocenters. The fraction of sp³-hybridized carbons (Fsp3) is 0.923. The van der Waals surface area contributed by atoms with Crippen molar-refractivity contribution in [3.05, 3.63) is 0 Å². The van der Waals surface area contributed by atoms with Gasteiger partial charge in [0.2, 0.25) is 5.91 Å². The summed E-state index contributed by atoms with van der Waals surface area (Å²) in [5, 5.41) is 0. The molecule has 4 heteroatoms. The molecule has 98 valence electrons. The van der Waals surface area contributed by atoms with Gasteiger partial charge in [-0.1, -0.05) is 22.4 Å². The lowest BCUT2D eigenvalue weighted by Crippen LogP contribution is -2.50. The Morgan fingerprint density at radius 3 is 2.65 bits per heavy atom. The van der Waals surface area contributed by atoms with E-state index < -0.39 is 0 Å². The fourth-order valence-corrected chi connectivity index (χ4v) is 3.48. The Labute approximate surface area is 113 Å². The van der Waals surface area contributed by atoms with Gasteiger partial charge in [-0.3, -0.25) is 9.69 Å². The normalized spacial score (nSPS) is 29.4. The Hall–Kier alpha value is -0.0900. The van der Waals surface area contributed by atoms with Crippen molar-refractivity contribution in [1.29, 1.82) is 0 Å². The molecule has 2 fully saturated rings. The van der Waals surface area contributed by atoms with E-state index in [0.717, 1.165) is 25.9 Å². The van der Waals surface area contributed by atoms with Crippen LogP contribution < -0.4 is 0 Å². The number of hydrogen-bond donors (Lipinski definition) is 0. The zero-order chi connectivity index (χ0) is 12.3. The number of hydrogen-bond acceptors (Lipinski definition) is 2. The van der Waals surface area contributed by atoms with E-state index >= 15 is 0 Å². The summed E-state index contributed by atoms with van der Waals surface area (Å²) in [5.41, 5.74) is 0. The minimum atomic E-state index is 0.0600. The van der Waals surface area contributed by atoms with Crippen LogP contribution in [0.15, 0.2) is 0 Å². The van der Waals surface area contributed by atoms with Gasteiger partial charge < -0.3 is 4.90 Å². The molecule has 0 saturated carbocycles. The molecule has 0 aliphatic carbocycles. The lowest BCUT2D eigenvalue weighted by molar-refractivity contribution is -0.133. The molecule has 0 radical (unpaired) electrons. The highest BCUT2D eigenvalue weighted by Crippen LogP contribution is 2.20. The highest BCUT2D eigenvalue weighted by Gasteiger charge is 2.28. The second kappa shape index (κ2) is 6.19. The van der Waals surface area contributed by atoms with Gasteiger partial charge in [0.25, 0.3) is 0 Å². The predicted molar refractivity (Wildman–Crippen MR) is 73.4 cm³/mol. The molecule has 2 saturated heterocycles. The molecule has 2 rings (SSSR count). The van der Waals surface area contributed by atoms with Crippen LogP contribution in [0, 0.1) is 0 Å². The number of halogens is 1. The van der Waals surface area contributed by atoms with E-state index in [-0.39, 0.29) is 4.83 Å². The SMILES string of the molecule is CC(CN1CCCC(Br)C1=O)N1CCCCC1. The Morgan fingerprint density at radius 2 is 1.94 bits per heavy atom. The van der Waals surface area contributed by atoms with Crippen molar-refractivity contribution in [3.8, 4) is 0 Å². The third kappa shape index (κ3) is 3.44. The maximum Gasteiger partial charge on any atom is 0.236 e. The first kappa shape index (κ1) is 13.3. The van der Waals surface area contributed by atoms with Crippen molar-refractivity contribution < 1.29 is 4.79 Å². The quantitative estimate of drug-likeness (QED) is 0.747. The maximum absolute atomic E-state index is 12.0. The lowest BCUT2D eigenvalue weighted by Gasteiger charge is -2.37. The van der Waals surface area contributed by atoms with Crippen LogP contribution in [0.4, 0.5) is 0 Å². The highest BCUT2D eigenvalue weighted by atomic mass is 79.9. The van der Waals surface area contributed by atoms with Gasteiger partial charge in [-0.05, 0) is 45.7 Å². The number of carbonyl (C=O) groups is 1. The predicted octanol–water partition coefficient (Wildman–Crippen LogP) is 2.25. The van der Waals surface area contributed by atoms with Crippen molar-refractivity contribution in [2.45, 2.75) is 49.9 Å². The Kier molecular flexibility index (Phi) is 4.86. The minimum absolute atomic E-state index is 0.0600. The Balaban J connectivity index is 1.84. The summed E-state index contributed by atoms with van der Waals surface area (Å²) >= 11 is 3.48. The van der Waals surface area contributed by atoms with Gasteiger partial charge in [-0.25, -0.2) is 0 Å². The van der Waals surface area contributed by atoms with E-state index in [0.29, 0.717) is 11.9 Å². The van der Waals surface area contributed by atoms with Crippen LogP contribution in [-0.2, 0) is 4.79 Å². The van der Waals surface area contributed by atoms with Crippen LogP contribution in [0.1, 0.15) is 39.0 Å². The first-order chi connectivity index (χ1) is 8.18. The molecule has 17 heavy (non-hydrogen) atoms. The number of rotatable bonds is 3. The molecule has 2 aliphatic rings. The molecule has 0 aromatic heterocycles. The molecule has 2 aliphatic heterocycles. The summed E-state index contributed by atoms with van der Waals surface area (Å²) in [6.07, 6.45) is 6.13. The summed E-state index contributed by atoms with van der Waals surface area (Å²) in [6.45, 7) is 6.53. The van der Waals surface area contributed by atoms with Crippen LogP contribution in [0.3, 0.4) is 0 Å². The molecule has 1 amide bonds. The third-order valence-corrected chi connectivity index (χ3v) is 4.81. The molecule has 2 unspecified atom stereocenters. The summed E-state index contributed by atoms with van der Waals surface area (Å²) < 4.78 is 0.